The highest BCUT2D eigenvalue weighted by Crippen LogP contribution is 2.49. The number of amides is 1. The summed E-state index contributed by atoms with van der Waals surface area (Å²) in [5, 5.41) is 2.75. The van der Waals surface area contributed by atoms with Crippen molar-refractivity contribution < 1.29 is 23.5 Å². The first-order chi connectivity index (χ1) is 18.3. The number of carbonyl (C=O) groups excluding carboxylic acids is 2. The van der Waals surface area contributed by atoms with E-state index >= 15 is 4.39 Å². The van der Waals surface area contributed by atoms with Gasteiger partial charge in [0.15, 0.2) is 0 Å². The van der Waals surface area contributed by atoms with Gasteiger partial charge in [-0.25, -0.2) is 9.18 Å². The third-order valence-electron chi connectivity index (χ3n) is 6.95. The number of rotatable bonds is 7. The van der Waals surface area contributed by atoms with Crippen molar-refractivity contribution in [3.63, 3.8) is 0 Å². The Labute approximate surface area is 224 Å². The number of nitrogens with zero attached hydrogens (tertiary/aromatic N) is 1. The van der Waals surface area contributed by atoms with E-state index in [0.29, 0.717) is 27.4 Å². The van der Waals surface area contributed by atoms with Crippen LogP contribution in [0.5, 0.6) is 0 Å². The van der Waals surface area contributed by atoms with Crippen LogP contribution in [-0.2, 0) is 19.7 Å². The lowest BCUT2D eigenvalue weighted by Gasteiger charge is -2.15. The van der Waals surface area contributed by atoms with E-state index in [2.05, 4.69) is 9.69 Å². The average molecular weight is 531 g/mol. The molecule has 4 aromatic rings. The Hall–Kier alpha value is -4.04. The molecule has 38 heavy (non-hydrogen) atoms. The number of anilines is 1. The quantitative estimate of drug-likeness (QED) is 0.251. The molecule has 0 radical (unpaired) electrons. The van der Waals surface area contributed by atoms with Gasteiger partial charge in [0, 0.05) is 5.56 Å². The summed E-state index contributed by atoms with van der Waals surface area (Å²) >= 11 is 1.11. The number of nitrogens with one attached hydrogen (secondary N) is 1. The Kier molecular flexibility index (Phi) is 6.99. The van der Waals surface area contributed by atoms with Gasteiger partial charge in [0.05, 0.1) is 28.8 Å². The van der Waals surface area contributed by atoms with Crippen LogP contribution in [0.2, 0.25) is 0 Å². The Morgan fingerprint density at radius 3 is 2.34 bits per heavy atom. The molecule has 1 aliphatic rings. The molecule has 1 amide bonds. The van der Waals surface area contributed by atoms with E-state index in [9.17, 15) is 9.59 Å². The fraction of sp³-hybridized carbons (Fsp3) is 0.233. The van der Waals surface area contributed by atoms with Crippen LogP contribution < -0.4 is 5.32 Å². The van der Waals surface area contributed by atoms with Crippen LogP contribution in [0.15, 0.2) is 72.8 Å². The number of carbonyl (C=O) groups is 2. The lowest BCUT2D eigenvalue weighted by molar-refractivity contribution is -0.143. The average Bonchev–Trinajstić information content (AvgIpc) is 3.68. The highest BCUT2D eigenvalue weighted by molar-refractivity contribution is 7.10. The maximum absolute atomic E-state index is 15.4. The lowest BCUT2D eigenvalue weighted by Crippen LogP contribution is -2.21. The number of benzene rings is 3. The van der Waals surface area contributed by atoms with Crippen molar-refractivity contribution in [2.75, 3.05) is 12.4 Å². The Morgan fingerprint density at radius 2 is 1.71 bits per heavy atom. The fourth-order valence-electron chi connectivity index (χ4n) is 4.58. The number of hydrogen-bond acceptors (Lipinski definition) is 6. The first-order valence-electron chi connectivity index (χ1n) is 12.3. The van der Waals surface area contributed by atoms with Gasteiger partial charge in [-0.15, -0.1) is 0 Å². The summed E-state index contributed by atoms with van der Waals surface area (Å²) in [6.07, 6.45) is 0.456. The predicted molar refractivity (Wildman–Crippen MR) is 146 cm³/mol. The van der Waals surface area contributed by atoms with Crippen molar-refractivity contribution in [2.45, 2.75) is 38.2 Å². The zero-order chi connectivity index (χ0) is 26.9. The third kappa shape index (κ3) is 4.91. The molecule has 0 bridgehead atoms. The first-order valence-corrected chi connectivity index (χ1v) is 13.1. The summed E-state index contributed by atoms with van der Waals surface area (Å²) in [7, 11) is 1.40. The molecule has 1 saturated carbocycles. The minimum Gasteiger partial charge on any atom is -0.468 e. The molecule has 1 heterocycles. The van der Waals surface area contributed by atoms with Gasteiger partial charge in [-0.05, 0) is 72.6 Å². The molecule has 1 atom stereocenters. The second kappa shape index (κ2) is 10.4. The summed E-state index contributed by atoms with van der Waals surface area (Å²) in [6.45, 7) is 3.55. The molecule has 0 unspecified atom stereocenters. The standard InChI is InChI=1S/C30H27FN2O4S/c1-18-26(32-29(35)37-19(2)20-7-5-4-6-8-20)27(38-33-18)24-14-11-22(17-25(24)31)21-9-12-23(13-10-21)30(15-16-30)28(34)36-3/h4-14,17,19H,15-16H2,1-3H3,(H,32,35)/t19-/m1/s1. The number of halogens is 1. The molecule has 1 aliphatic carbocycles. The molecule has 1 fully saturated rings. The summed E-state index contributed by atoms with van der Waals surface area (Å²) in [5.74, 6) is -0.652. The van der Waals surface area contributed by atoms with Gasteiger partial charge in [0.1, 0.15) is 11.9 Å². The number of ether oxygens (including phenoxy) is 2. The molecule has 5 rings (SSSR count). The van der Waals surface area contributed by atoms with Crippen molar-refractivity contribution in [3.8, 4) is 21.6 Å². The molecule has 0 spiro atoms. The van der Waals surface area contributed by atoms with Crippen molar-refractivity contribution in [3.05, 3.63) is 95.4 Å². The highest BCUT2D eigenvalue weighted by atomic mass is 32.1. The minimum atomic E-state index is -0.636. The molecule has 1 N–H and O–H groups in total. The van der Waals surface area contributed by atoms with E-state index in [0.717, 1.165) is 41.1 Å². The number of methoxy groups -OCH3 is 1. The summed E-state index contributed by atoms with van der Waals surface area (Å²) in [5.41, 5.74) is 4.11. The van der Waals surface area contributed by atoms with Gasteiger partial charge in [0.25, 0.3) is 0 Å². The molecule has 6 nitrogen and oxygen atoms in total. The Balaban J connectivity index is 1.34. The molecule has 1 aromatic heterocycles. The first kappa shape index (κ1) is 25.6. The van der Waals surface area contributed by atoms with Crippen molar-refractivity contribution in [1.82, 2.24) is 4.37 Å². The Bertz CT molecular complexity index is 1480. The predicted octanol–water partition coefficient (Wildman–Crippen LogP) is 7.44. The molecule has 3 aromatic carbocycles. The third-order valence-corrected chi connectivity index (χ3v) is 7.93. The highest BCUT2D eigenvalue weighted by Gasteiger charge is 2.52. The van der Waals surface area contributed by atoms with Gasteiger partial charge in [-0.2, -0.15) is 4.37 Å². The summed E-state index contributed by atoms with van der Waals surface area (Å²) in [4.78, 5) is 25.3. The van der Waals surface area contributed by atoms with Crippen LogP contribution in [0.1, 0.15) is 42.7 Å². The Morgan fingerprint density at radius 1 is 1.03 bits per heavy atom. The number of aromatic nitrogens is 1. The molecular weight excluding hydrogens is 503 g/mol. The molecule has 0 aliphatic heterocycles. The summed E-state index contributed by atoms with van der Waals surface area (Å²) < 4.78 is 30.2. The maximum Gasteiger partial charge on any atom is 0.412 e. The van der Waals surface area contributed by atoms with E-state index in [1.165, 1.54) is 13.2 Å². The second-order valence-electron chi connectivity index (χ2n) is 9.40. The maximum atomic E-state index is 15.4. The molecule has 0 saturated heterocycles. The van der Waals surface area contributed by atoms with E-state index in [-0.39, 0.29) is 5.97 Å². The van der Waals surface area contributed by atoms with Gasteiger partial charge < -0.3 is 9.47 Å². The largest absolute Gasteiger partial charge is 0.468 e. The minimum absolute atomic E-state index is 0.219. The van der Waals surface area contributed by atoms with Crippen molar-refractivity contribution >= 4 is 29.3 Å². The van der Waals surface area contributed by atoms with Gasteiger partial charge >= 0.3 is 12.1 Å². The van der Waals surface area contributed by atoms with Crippen LogP contribution in [0.25, 0.3) is 21.6 Å². The zero-order valence-electron chi connectivity index (χ0n) is 21.3. The van der Waals surface area contributed by atoms with Crippen LogP contribution in [0.3, 0.4) is 0 Å². The van der Waals surface area contributed by atoms with Gasteiger partial charge in [-0.1, -0.05) is 60.7 Å². The van der Waals surface area contributed by atoms with Crippen LogP contribution >= 0.6 is 11.5 Å². The van der Waals surface area contributed by atoms with Gasteiger partial charge in [0.2, 0.25) is 0 Å². The number of aryl methyl sites for hydroxylation is 1. The second-order valence-corrected chi connectivity index (χ2v) is 10.2. The topological polar surface area (TPSA) is 77.5 Å². The molecule has 8 heteroatoms. The van der Waals surface area contributed by atoms with E-state index in [1.54, 1.807) is 19.9 Å². The molecular formula is C30H27FN2O4S. The van der Waals surface area contributed by atoms with Crippen molar-refractivity contribution in [2.24, 2.45) is 0 Å². The zero-order valence-corrected chi connectivity index (χ0v) is 22.1. The number of hydrogen-bond donors (Lipinski definition) is 1. The van der Waals surface area contributed by atoms with Crippen LogP contribution in [0.4, 0.5) is 14.9 Å². The van der Waals surface area contributed by atoms with Crippen LogP contribution in [-0.4, -0.2) is 23.5 Å². The monoisotopic (exact) mass is 530 g/mol. The fourth-order valence-corrected chi connectivity index (χ4v) is 5.45. The van der Waals surface area contributed by atoms with E-state index in [4.69, 9.17) is 9.47 Å². The van der Waals surface area contributed by atoms with Gasteiger partial charge in [-0.3, -0.25) is 10.1 Å². The van der Waals surface area contributed by atoms with Crippen molar-refractivity contribution in [1.29, 1.82) is 0 Å². The normalized spacial score (nSPS) is 14.4. The van der Waals surface area contributed by atoms with Crippen LogP contribution in [0, 0.1) is 12.7 Å². The number of esters is 1. The lowest BCUT2D eigenvalue weighted by atomic mass is 9.93. The summed E-state index contributed by atoms with van der Waals surface area (Å²) in [6, 6.07) is 22.0. The van der Waals surface area contributed by atoms with E-state index < -0.39 is 23.4 Å². The smallest absolute Gasteiger partial charge is 0.412 e. The SMILES string of the molecule is COC(=O)C1(c2ccc(-c3ccc(-c4snc(C)c4NC(=O)O[C@H](C)c4ccccc4)c(F)c3)cc2)CC1. The van der Waals surface area contributed by atoms with E-state index in [1.807, 2.05) is 60.7 Å². The molecule has 194 valence electrons.